The van der Waals surface area contributed by atoms with Crippen LogP contribution in [0.25, 0.3) is 0 Å². The van der Waals surface area contributed by atoms with Crippen LogP contribution in [-0.2, 0) is 23.7 Å². The van der Waals surface area contributed by atoms with Gasteiger partial charge in [-0.25, -0.2) is 4.79 Å². The summed E-state index contributed by atoms with van der Waals surface area (Å²) in [4.78, 5) is 23.0. The maximum Gasteiger partial charge on any atom is 0.411 e. The van der Waals surface area contributed by atoms with E-state index in [4.69, 9.17) is 18.9 Å². The fraction of sp³-hybridized carbons (Fsp3) is 0.556. The third-order valence-electron chi connectivity index (χ3n) is 3.30. The predicted octanol–water partition coefficient (Wildman–Crippen LogP) is 2.57. The number of amides is 2. The van der Waals surface area contributed by atoms with Gasteiger partial charge in [-0.1, -0.05) is 6.07 Å². The summed E-state index contributed by atoms with van der Waals surface area (Å²) in [6.45, 7) is 7.05. The lowest BCUT2D eigenvalue weighted by Crippen LogP contribution is -2.21. The van der Waals surface area contributed by atoms with Crippen LogP contribution < -0.4 is 10.6 Å². The highest BCUT2D eigenvalue weighted by molar-refractivity contribution is 5.91. The Kier molecular flexibility index (Phi) is 10.3. The van der Waals surface area contributed by atoms with E-state index in [2.05, 4.69) is 10.6 Å². The molecule has 0 heterocycles. The summed E-state index contributed by atoms with van der Waals surface area (Å²) in [5.41, 5.74) is 2.07. The van der Waals surface area contributed by atoms with Crippen molar-refractivity contribution >= 4 is 23.4 Å². The first-order valence-corrected chi connectivity index (χ1v) is 8.42. The molecular formula is C18H28N2O6. The Balaban J connectivity index is 2.25. The van der Waals surface area contributed by atoms with Gasteiger partial charge < -0.3 is 24.3 Å². The number of hydrogen-bond donors (Lipinski definition) is 2. The molecule has 0 saturated heterocycles. The summed E-state index contributed by atoms with van der Waals surface area (Å²) in [6, 6.07) is 5.21. The van der Waals surface area contributed by atoms with E-state index in [9.17, 15) is 9.59 Å². The van der Waals surface area contributed by atoms with Crippen molar-refractivity contribution in [3.8, 4) is 0 Å². The molecule has 0 aliphatic heterocycles. The van der Waals surface area contributed by atoms with Gasteiger partial charge in [-0.2, -0.15) is 0 Å². The second-order valence-corrected chi connectivity index (χ2v) is 5.72. The predicted molar refractivity (Wildman–Crippen MR) is 98.6 cm³/mol. The topological polar surface area (TPSA) is 95.1 Å². The number of ether oxygens (including phenoxy) is 4. The minimum absolute atomic E-state index is 0.0567. The molecule has 26 heavy (non-hydrogen) atoms. The Bertz CT molecular complexity index is 579. The zero-order chi connectivity index (χ0) is 19.4. The highest BCUT2D eigenvalue weighted by Crippen LogP contribution is 2.20. The second kappa shape index (κ2) is 12.2. The Morgan fingerprint density at radius 3 is 2.58 bits per heavy atom. The molecule has 0 aromatic heterocycles. The third-order valence-corrected chi connectivity index (χ3v) is 3.30. The molecule has 8 nitrogen and oxygen atoms in total. The highest BCUT2D eigenvalue weighted by Gasteiger charge is 2.07. The number of methoxy groups -OCH3 is 1. The van der Waals surface area contributed by atoms with Crippen molar-refractivity contribution in [2.75, 3.05) is 50.8 Å². The number of rotatable bonds is 11. The molecule has 0 fully saturated rings. The largest absolute Gasteiger partial charge is 0.447 e. The molecule has 2 amide bonds. The smallest absolute Gasteiger partial charge is 0.411 e. The SMILES string of the molecule is COCCOC(C)COCCOC(=O)Nc1ccc(C)c(NC(C)=O)c1. The van der Waals surface area contributed by atoms with Crippen LogP contribution in [0.2, 0.25) is 0 Å². The first kappa shape index (κ1) is 21.9. The first-order valence-electron chi connectivity index (χ1n) is 8.42. The van der Waals surface area contributed by atoms with Crippen molar-refractivity contribution in [3.05, 3.63) is 23.8 Å². The Hall–Kier alpha value is -2.16. The van der Waals surface area contributed by atoms with Gasteiger partial charge in [-0.3, -0.25) is 10.1 Å². The number of nitrogens with one attached hydrogen (secondary N) is 2. The van der Waals surface area contributed by atoms with E-state index in [0.29, 0.717) is 31.2 Å². The van der Waals surface area contributed by atoms with Crippen LogP contribution in [0.1, 0.15) is 19.4 Å². The van der Waals surface area contributed by atoms with E-state index in [-0.39, 0.29) is 25.2 Å². The number of carbonyl (C=O) groups excluding carboxylic acids is 2. The number of benzene rings is 1. The molecule has 146 valence electrons. The summed E-state index contributed by atoms with van der Waals surface area (Å²) in [6.07, 6.45) is -0.644. The Morgan fingerprint density at radius 1 is 1.12 bits per heavy atom. The lowest BCUT2D eigenvalue weighted by atomic mass is 10.2. The van der Waals surface area contributed by atoms with Crippen LogP contribution in [0.5, 0.6) is 0 Å². The molecule has 1 unspecified atom stereocenters. The van der Waals surface area contributed by atoms with Crippen molar-refractivity contribution in [2.24, 2.45) is 0 Å². The number of aryl methyl sites for hydroxylation is 1. The zero-order valence-corrected chi connectivity index (χ0v) is 15.8. The summed E-state index contributed by atoms with van der Waals surface area (Å²) >= 11 is 0. The molecule has 0 saturated carbocycles. The van der Waals surface area contributed by atoms with E-state index in [1.54, 1.807) is 25.3 Å². The van der Waals surface area contributed by atoms with Crippen LogP contribution in [0.15, 0.2) is 18.2 Å². The molecule has 1 aromatic rings. The fourth-order valence-electron chi connectivity index (χ4n) is 2.00. The third kappa shape index (κ3) is 9.36. The Morgan fingerprint density at radius 2 is 1.88 bits per heavy atom. The van der Waals surface area contributed by atoms with Crippen LogP contribution in [0, 0.1) is 6.92 Å². The monoisotopic (exact) mass is 368 g/mol. The fourth-order valence-corrected chi connectivity index (χ4v) is 2.00. The van der Waals surface area contributed by atoms with Crippen molar-refractivity contribution in [1.29, 1.82) is 0 Å². The first-order chi connectivity index (χ1) is 12.4. The van der Waals surface area contributed by atoms with E-state index in [1.807, 2.05) is 13.8 Å². The molecule has 1 rings (SSSR count). The van der Waals surface area contributed by atoms with E-state index in [0.717, 1.165) is 5.56 Å². The summed E-state index contributed by atoms with van der Waals surface area (Å²) in [5.74, 6) is -0.176. The number of anilines is 2. The number of hydrogen-bond acceptors (Lipinski definition) is 6. The summed E-state index contributed by atoms with van der Waals surface area (Å²) in [7, 11) is 1.62. The average molecular weight is 368 g/mol. The molecule has 0 aliphatic rings. The molecule has 8 heteroatoms. The molecule has 0 spiro atoms. The Labute approximate surface area is 154 Å². The van der Waals surface area contributed by atoms with Gasteiger partial charge in [0, 0.05) is 25.4 Å². The molecule has 0 bridgehead atoms. The molecule has 1 aromatic carbocycles. The van der Waals surface area contributed by atoms with Gasteiger partial charge in [0.15, 0.2) is 0 Å². The lowest BCUT2D eigenvalue weighted by molar-refractivity contribution is -0.114. The maximum absolute atomic E-state index is 11.8. The molecular weight excluding hydrogens is 340 g/mol. The zero-order valence-electron chi connectivity index (χ0n) is 15.8. The highest BCUT2D eigenvalue weighted by atomic mass is 16.6. The van der Waals surface area contributed by atoms with Crippen molar-refractivity contribution in [1.82, 2.24) is 0 Å². The van der Waals surface area contributed by atoms with Crippen molar-refractivity contribution in [2.45, 2.75) is 26.9 Å². The van der Waals surface area contributed by atoms with Gasteiger partial charge in [0.25, 0.3) is 0 Å². The maximum atomic E-state index is 11.8. The van der Waals surface area contributed by atoms with Crippen LogP contribution in [-0.4, -0.2) is 58.2 Å². The van der Waals surface area contributed by atoms with Crippen molar-refractivity contribution < 1.29 is 28.5 Å². The van der Waals surface area contributed by atoms with Gasteiger partial charge in [0.05, 0.1) is 32.5 Å². The molecule has 2 N–H and O–H groups in total. The minimum Gasteiger partial charge on any atom is -0.447 e. The lowest BCUT2D eigenvalue weighted by Gasteiger charge is -2.13. The van der Waals surface area contributed by atoms with Crippen LogP contribution >= 0.6 is 0 Å². The summed E-state index contributed by atoms with van der Waals surface area (Å²) in [5, 5.41) is 5.31. The normalized spacial score (nSPS) is 11.7. The quantitative estimate of drug-likeness (QED) is 0.583. The minimum atomic E-state index is -0.587. The average Bonchev–Trinajstić information content (AvgIpc) is 2.57. The van der Waals surface area contributed by atoms with Crippen molar-refractivity contribution in [3.63, 3.8) is 0 Å². The molecule has 0 radical (unpaired) electrons. The second-order valence-electron chi connectivity index (χ2n) is 5.72. The summed E-state index contributed by atoms with van der Waals surface area (Å²) < 4.78 is 20.8. The van der Waals surface area contributed by atoms with Gasteiger partial charge in [0.2, 0.25) is 5.91 Å². The standard InChI is InChI=1S/C18H28N2O6/c1-13-5-6-16(11-17(13)19-15(3)21)20-18(22)26-10-8-24-12-14(2)25-9-7-23-4/h5-6,11,14H,7-10,12H2,1-4H3,(H,19,21)(H,20,22). The molecule has 0 aliphatic carbocycles. The van der Waals surface area contributed by atoms with E-state index in [1.165, 1.54) is 6.92 Å². The van der Waals surface area contributed by atoms with E-state index >= 15 is 0 Å². The van der Waals surface area contributed by atoms with Gasteiger partial charge >= 0.3 is 6.09 Å². The number of carbonyl (C=O) groups is 2. The van der Waals surface area contributed by atoms with Gasteiger partial charge in [-0.15, -0.1) is 0 Å². The van der Waals surface area contributed by atoms with Gasteiger partial charge in [-0.05, 0) is 31.5 Å². The van der Waals surface area contributed by atoms with E-state index < -0.39 is 6.09 Å². The van der Waals surface area contributed by atoms with Gasteiger partial charge in [0.1, 0.15) is 6.61 Å². The van der Waals surface area contributed by atoms with Crippen LogP contribution in [0.3, 0.4) is 0 Å². The van der Waals surface area contributed by atoms with Crippen LogP contribution in [0.4, 0.5) is 16.2 Å². The molecule has 1 atom stereocenters.